The minimum atomic E-state index is -0.975. The topological polar surface area (TPSA) is 101 Å². The molecule has 21 heavy (non-hydrogen) atoms. The number of hydrogen-bond donors (Lipinski definition) is 3. The molecule has 2 aromatic rings. The molecule has 2 rings (SSSR count). The van der Waals surface area contributed by atoms with Crippen LogP contribution in [0.1, 0.15) is 22.2 Å². The smallest absolute Gasteiger partial charge is 0.273 e. The van der Waals surface area contributed by atoms with Crippen molar-refractivity contribution in [2.45, 2.75) is 6.10 Å². The zero-order valence-corrected chi connectivity index (χ0v) is 12.3. The number of nitrogen functional groups attached to an aromatic ring is 1. The van der Waals surface area contributed by atoms with E-state index in [1.165, 1.54) is 18.5 Å². The van der Waals surface area contributed by atoms with Crippen molar-refractivity contribution in [1.82, 2.24) is 15.3 Å². The molecule has 1 atom stereocenters. The van der Waals surface area contributed by atoms with Crippen LogP contribution >= 0.6 is 23.2 Å². The number of rotatable bonds is 4. The number of anilines is 1. The summed E-state index contributed by atoms with van der Waals surface area (Å²) in [6.45, 7) is -0.0454. The summed E-state index contributed by atoms with van der Waals surface area (Å²) >= 11 is 11.8. The normalized spacial score (nSPS) is 12.0. The van der Waals surface area contributed by atoms with Crippen LogP contribution in [0.4, 0.5) is 5.82 Å². The van der Waals surface area contributed by atoms with Gasteiger partial charge < -0.3 is 16.2 Å². The van der Waals surface area contributed by atoms with Crippen molar-refractivity contribution in [2.24, 2.45) is 0 Å². The van der Waals surface area contributed by atoms with Crippen molar-refractivity contribution < 1.29 is 9.90 Å². The summed E-state index contributed by atoms with van der Waals surface area (Å²) in [5.41, 5.74) is 6.02. The minimum absolute atomic E-state index is 0.00639. The standard InChI is InChI=1S/C13H12Cl2N4O2/c14-7-1-2-8(9(15)5-7)10(20)6-19-13(21)11-12(16)18-4-3-17-11/h1-5,10,20H,6H2,(H2,16,18)(H,19,21). The Hall–Kier alpha value is -1.89. The van der Waals surface area contributed by atoms with Gasteiger partial charge in [0, 0.05) is 34.5 Å². The van der Waals surface area contributed by atoms with E-state index in [1.54, 1.807) is 12.1 Å². The van der Waals surface area contributed by atoms with Crippen LogP contribution in [0.3, 0.4) is 0 Å². The van der Waals surface area contributed by atoms with Crippen molar-refractivity contribution in [1.29, 1.82) is 0 Å². The fraction of sp³-hybridized carbons (Fsp3) is 0.154. The van der Waals surface area contributed by atoms with E-state index in [2.05, 4.69) is 15.3 Å². The molecular weight excluding hydrogens is 315 g/mol. The maximum Gasteiger partial charge on any atom is 0.273 e. The lowest BCUT2D eigenvalue weighted by Crippen LogP contribution is -2.30. The van der Waals surface area contributed by atoms with Crippen molar-refractivity contribution >= 4 is 34.9 Å². The highest BCUT2D eigenvalue weighted by molar-refractivity contribution is 6.35. The van der Waals surface area contributed by atoms with E-state index in [0.29, 0.717) is 15.6 Å². The zero-order valence-electron chi connectivity index (χ0n) is 10.8. The van der Waals surface area contributed by atoms with Crippen LogP contribution in [0, 0.1) is 0 Å². The molecule has 4 N–H and O–H groups in total. The molecule has 0 bridgehead atoms. The third-order valence-corrected chi connectivity index (χ3v) is 3.28. The molecule has 0 saturated heterocycles. The molecule has 110 valence electrons. The number of halogens is 2. The molecule has 8 heteroatoms. The Morgan fingerprint density at radius 3 is 2.71 bits per heavy atom. The summed E-state index contributed by atoms with van der Waals surface area (Å²) in [6.07, 6.45) is 1.77. The highest BCUT2D eigenvalue weighted by Gasteiger charge is 2.16. The van der Waals surface area contributed by atoms with Gasteiger partial charge in [-0.2, -0.15) is 0 Å². The molecule has 0 aliphatic heterocycles. The molecule has 0 radical (unpaired) electrons. The van der Waals surface area contributed by atoms with Gasteiger partial charge in [0.25, 0.3) is 5.91 Å². The van der Waals surface area contributed by atoms with Gasteiger partial charge in [-0.25, -0.2) is 9.97 Å². The lowest BCUT2D eigenvalue weighted by molar-refractivity contribution is 0.0912. The van der Waals surface area contributed by atoms with Crippen molar-refractivity contribution in [3.05, 3.63) is 51.9 Å². The molecule has 1 amide bonds. The first-order chi connectivity index (χ1) is 9.99. The number of carbonyl (C=O) groups excluding carboxylic acids is 1. The van der Waals surface area contributed by atoms with Gasteiger partial charge in [0.2, 0.25) is 0 Å². The van der Waals surface area contributed by atoms with Crippen molar-refractivity contribution in [3.8, 4) is 0 Å². The van der Waals surface area contributed by atoms with Gasteiger partial charge in [0.15, 0.2) is 11.5 Å². The first kappa shape index (κ1) is 15.5. The number of carbonyl (C=O) groups is 1. The monoisotopic (exact) mass is 326 g/mol. The first-order valence-electron chi connectivity index (χ1n) is 5.96. The predicted molar refractivity (Wildman–Crippen MR) is 80.2 cm³/mol. The fourth-order valence-corrected chi connectivity index (χ4v) is 2.21. The minimum Gasteiger partial charge on any atom is -0.387 e. The van der Waals surface area contributed by atoms with Gasteiger partial charge in [-0.15, -0.1) is 0 Å². The summed E-state index contributed by atoms with van der Waals surface area (Å²) in [5, 5.41) is 13.4. The molecule has 1 aromatic heterocycles. The maximum absolute atomic E-state index is 11.9. The number of aliphatic hydroxyl groups excluding tert-OH is 1. The number of aliphatic hydroxyl groups is 1. The largest absolute Gasteiger partial charge is 0.387 e. The number of nitrogens with one attached hydrogen (secondary N) is 1. The predicted octanol–water partition coefficient (Wildman–Crippen LogP) is 1.83. The average molecular weight is 327 g/mol. The summed E-state index contributed by atoms with van der Waals surface area (Å²) in [5.74, 6) is -0.501. The van der Waals surface area contributed by atoms with Gasteiger partial charge >= 0.3 is 0 Å². The van der Waals surface area contributed by atoms with Crippen LogP contribution in [0.5, 0.6) is 0 Å². The molecule has 0 saturated carbocycles. The van der Waals surface area contributed by atoms with Gasteiger partial charge in [-0.3, -0.25) is 4.79 Å². The lowest BCUT2D eigenvalue weighted by Gasteiger charge is -2.14. The van der Waals surface area contributed by atoms with Crippen LogP contribution in [-0.2, 0) is 0 Å². The summed E-state index contributed by atoms with van der Waals surface area (Å²) in [4.78, 5) is 19.5. The Balaban J connectivity index is 2.02. The third-order valence-electron chi connectivity index (χ3n) is 2.72. The van der Waals surface area contributed by atoms with E-state index >= 15 is 0 Å². The third kappa shape index (κ3) is 3.81. The molecule has 0 aliphatic rings. The summed E-state index contributed by atoms with van der Waals surface area (Å²) < 4.78 is 0. The highest BCUT2D eigenvalue weighted by Crippen LogP contribution is 2.25. The highest BCUT2D eigenvalue weighted by atomic mass is 35.5. The molecule has 0 fully saturated rings. The Bertz CT molecular complexity index is 666. The number of aromatic nitrogens is 2. The van der Waals surface area contributed by atoms with E-state index in [9.17, 15) is 9.90 Å². The second-order valence-corrected chi connectivity index (χ2v) is 5.03. The summed E-state index contributed by atoms with van der Waals surface area (Å²) in [7, 11) is 0. The Morgan fingerprint density at radius 1 is 1.33 bits per heavy atom. The van der Waals surface area contributed by atoms with Gasteiger partial charge in [0.1, 0.15) is 0 Å². The van der Waals surface area contributed by atoms with E-state index in [0.717, 1.165) is 0 Å². The van der Waals surface area contributed by atoms with Crippen LogP contribution in [0.15, 0.2) is 30.6 Å². The number of amides is 1. The van der Waals surface area contributed by atoms with Crippen molar-refractivity contribution in [2.75, 3.05) is 12.3 Å². The van der Waals surface area contributed by atoms with Crippen LogP contribution in [0.25, 0.3) is 0 Å². The quantitative estimate of drug-likeness (QED) is 0.795. The van der Waals surface area contributed by atoms with E-state index in [-0.39, 0.29) is 18.1 Å². The maximum atomic E-state index is 11.9. The van der Waals surface area contributed by atoms with E-state index in [1.807, 2.05) is 0 Å². The van der Waals surface area contributed by atoms with E-state index in [4.69, 9.17) is 28.9 Å². The number of benzene rings is 1. The number of nitrogens with two attached hydrogens (primary N) is 1. The first-order valence-corrected chi connectivity index (χ1v) is 6.72. The molecule has 1 aromatic carbocycles. The Labute approximate surface area is 130 Å². The Kier molecular flexibility index (Phi) is 4.95. The average Bonchev–Trinajstić information content (AvgIpc) is 2.45. The number of nitrogens with zero attached hydrogens (tertiary/aromatic N) is 2. The molecule has 0 spiro atoms. The van der Waals surface area contributed by atoms with Crippen LogP contribution in [-0.4, -0.2) is 27.5 Å². The van der Waals surface area contributed by atoms with Gasteiger partial charge in [-0.1, -0.05) is 29.3 Å². The van der Waals surface area contributed by atoms with Crippen LogP contribution in [0.2, 0.25) is 10.0 Å². The Morgan fingerprint density at radius 2 is 2.05 bits per heavy atom. The molecule has 1 unspecified atom stereocenters. The number of hydrogen-bond acceptors (Lipinski definition) is 5. The zero-order chi connectivity index (χ0) is 15.4. The van der Waals surface area contributed by atoms with Crippen LogP contribution < -0.4 is 11.1 Å². The SMILES string of the molecule is Nc1nccnc1C(=O)NCC(O)c1ccc(Cl)cc1Cl. The van der Waals surface area contributed by atoms with Gasteiger partial charge in [0.05, 0.1) is 6.10 Å². The summed E-state index contributed by atoms with van der Waals surface area (Å²) in [6, 6.07) is 4.72. The van der Waals surface area contributed by atoms with Gasteiger partial charge in [-0.05, 0) is 12.1 Å². The van der Waals surface area contributed by atoms with Crippen molar-refractivity contribution in [3.63, 3.8) is 0 Å². The molecule has 0 aliphatic carbocycles. The molecular formula is C13H12Cl2N4O2. The lowest BCUT2D eigenvalue weighted by atomic mass is 10.1. The molecule has 1 heterocycles. The second kappa shape index (κ2) is 6.71. The van der Waals surface area contributed by atoms with E-state index < -0.39 is 12.0 Å². The fourth-order valence-electron chi connectivity index (χ4n) is 1.68. The second-order valence-electron chi connectivity index (χ2n) is 4.18. The molecule has 6 nitrogen and oxygen atoms in total.